The number of amides is 1. The van der Waals surface area contributed by atoms with Crippen molar-refractivity contribution in [3.63, 3.8) is 0 Å². The first-order valence-corrected chi connectivity index (χ1v) is 7.38. The molecular weight excluding hydrogens is 260 g/mol. The summed E-state index contributed by atoms with van der Waals surface area (Å²) in [6.45, 7) is 0. The Morgan fingerprint density at radius 2 is 1.80 bits per heavy atom. The van der Waals surface area contributed by atoms with Crippen molar-refractivity contribution in [2.24, 2.45) is 0 Å². The molecule has 0 saturated heterocycles. The fourth-order valence-corrected chi connectivity index (χ4v) is 2.68. The quantitative estimate of drug-likeness (QED) is 0.837. The molecule has 2 rings (SSSR count). The summed E-state index contributed by atoms with van der Waals surface area (Å²) in [6, 6.07) is 4.08. The van der Waals surface area contributed by atoms with E-state index < -0.39 is 11.6 Å². The number of hydrogen-bond acceptors (Lipinski definition) is 1. The second-order valence-electron chi connectivity index (χ2n) is 5.50. The number of nitrogens with one attached hydrogen (secondary N) is 1. The molecule has 1 fully saturated rings. The van der Waals surface area contributed by atoms with Gasteiger partial charge in [-0.15, -0.1) is 0 Å². The molecule has 0 aromatic heterocycles. The van der Waals surface area contributed by atoms with Gasteiger partial charge in [0.25, 0.3) is 0 Å². The molecule has 1 aromatic rings. The zero-order valence-corrected chi connectivity index (χ0v) is 11.6. The van der Waals surface area contributed by atoms with E-state index in [1.807, 2.05) is 0 Å². The maximum Gasteiger partial charge on any atom is 0.220 e. The first kappa shape index (κ1) is 14.9. The van der Waals surface area contributed by atoms with Gasteiger partial charge in [0.1, 0.15) is 0 Å². The van der Waals surface area contributed by atoms with Crippen LogP contribution in [0.1, 0.15) is 50.5 Å². The van der Waals surface area contributed by atoms with Crippen molar-refractivity contribution in [3.05, 3.63) is 35.4 Å². The average molecular weight is 281 g/mol. The van der Waals surface area contributed by atoms with Gasteiger partial charge in [-0.25, -0.2) is 8.78 Å². The SMILES string of the molecule is O=C(CCc1ccc(F)c(F)c1)NC1CCCCCC1. The monoisotopic (exact) mass is 281 g/mol. The number of carbonyl (C=O) groups is 1. The third kappa shape index (κ3) is 4.58. The van der Waals surface area contributed by atoms with Gasteiger partial charge in [-0.2, -0.15) is 0 Å². The van der Waals surface area contributed by atoms with E-state index >= 15 is 0 Å². The van der Waals surface area contributed by atoms with Gasteiger partial charge in [-0.05, 0) is 37.0 Å². The maximum absolute atomic E-state index is 13.0. The first-order chi connectivity index (χ1) is 9.65. The summed E-state index contributed by atoms with van der Waals surface area (Å²) in [5.41, 5.74) is 0.653. The number of benzene rings is 1. The highest BCUT2D eigenvalue weighted by molar-refractivity contribution is 5.76. The molecule has 0 bridgehead atoms. The number of carbonyl (C=O) groups excluding carboxylic acids is 1. The van der Waals surface area contributed by atoms with Crippen LogP contribution in [-0.4, -0.2) is 11.9 Å². The Bertz CT molecular complexity index is 454. The van der Waals surface area contributed by atoms with Crippen molar-refractivity contribution in [2.45, 2.75) is 57.4 Å². The van der Waals surface area contributed by atoms with E-state index in [1.165, 1.54) is 31.7 Å². The van der Waals surface area contributed by atoms with Crippen molar-refractivity contribution in [3.8, 4) is 0 Å². The molecule has 4 heteroatoms. The van der Waals surface area contributed by atoms with Crippen molar-refractivity contribution in [2.75, 3.05) is 0 Å². The molecule has 0 heterocycles. The van der Waals surface area contributed by atoms with E-state index in [0.717, 1.165) is 25.0 Å². The summed E-state index contributed by atoms with van der Waals surface area (Å²) in [5, 5.41) is 3.05. The van der Waals surface area contributed by atoms with Crippen LogP contribution in [0.3, 0.4) is 0 Å². The van der Waals surface area contributed by atoms with Crippen LogP contribution >= 0.6 is 0 Å². The molecule has 1 N–H and O–H groups in total. The minimum Gasteiger partial charge on any atom is -0.353 e. The van der Waals surface area contributed by atoms with Crippen molar-refractivity contribution >= 4 is 5.91 Å². The standard InChI is InChI=1S/C16H21F2NO/c17-14-9-7-12(11-15(14)18)8-10-16(20)19-13-5-3-1-2-4-6-13/h7,9,11,13H,1-6,8,10H2,(H,19,20). The molecule has 0 aliphatic heterocycles. The highest BCUT2D eigenvalue weighted by atomic mass is 19.2. The lowest BCUT2D eigenvalue weighted by Crippen LogP contribution is -2.34. The zero-order chi connectivity index (χ0) is 14.4. The van der Waals surface area contributed by atoms with Crippen molar-refractivity contribution in [1.82, 2.24) is 5.32 Å². The van der Waals surface area contributed by atoms with E-state index in [2.05, 4.69) is 5.32 Å². The van der Waals surface area contributed by atoms with Gasteiger partial charge in [-0.1, -0.05) is 31.7 Å². The minimum atomic E-state index is -0.855. The van der Waals surface area contributed by atoms with Crippen LogP contribution in [0.5, 0.6) is 0 Å². The van der Waals surface area contributed by atoms with Crippen molar-refractivity contribution in [1.29, 1.82) is 0 Å². The number of aryl methyl sites for hydroxylation is 1. The van der Waals surface area contributed by atoms with Gasteiger partial charge in [0.2, 0.25) is 5.91 Å². The Morgan fingerprint density at radius 3 is 2.45 bits per heavy atom. The Labute approximate surface area is 118 Å². The highest BCUT2D eigenvalue weighted by Gasteiger charge is 2.14. The van der Waals surface area contributed by atoms with Crippen molar-refractivity contribution < 1.29 is 13.6 Å². The maximum atomic E-state index is 13.0. The second-order valence-corrected chi connectivity index (χ2v) is 5.50. The fourth-order valence-electron chi connectivity index (χ4n) is 2.68. The van der Waals surface area contributed by atoms with Crippen LogP contribution in [0.15, 0.2) is 18.2 Å². The average Bonchev–Trinajstić information content (AvgIpc) is 2.69. The topological polar surface area (TPSA) is 29.1 Å². The van der Waals surface area contributed by atoms with E-state index in [9.17, 15) is 13.6 Å². The van der Waals surface area contributed by atoms with Crippen LogP contribution in [0.4, 0.5) is 8.78 Å². The van der Waals surface area contributed by atoms with Crippen LogP contribution in [0, 0.1) is 11.6 Å². The minimum absolute atomic E-state index is 0.00151. The third-order valence-electron chi connectivity index (χ3n) is 3.85. The van der Waals surface area contributed by atoms with E-state index in [1.54, 1.807) is 0 Å². The number of halogens is 2. The van der Waals surface area contributed by atoms with Gasteiger partial charge < -0.3 is 5.32 Å². The Hall–Kier alpha value is -1.45. The van der Waals surface area contributed by atoms with Crippen LogP contribution < -0.4 is 5.32 Å². The summed E-state index contributed by atoms with van der Waals surface area (Å²) in [6.07, 6.45) is 7.72. The molecule has 0 unspecified atom stereocenters. The normalized spacial score (nSPS) is 16.7. The summed E-state index contributed by atoms with van der Waals surface area (Å²) in [4.78, 5) is 11.9. The lowest BCUT2D eigenvalue weighted by molar-refractivity contribution is -0.121. The summed E-state index contributed by atoms with van der Waals surface area (Å²) < 4.78 is 25.8. The summed E-state index contributed by atoms with van der Waals surface area (Å²) in [5.74, 6) is -1.70. The molecule has 0 atom stereocenters. The largest absolute Gasteiger partial charge is 0.353 e. The molecule has 1 aliphatic carbocycles. The van der Waals surface area contributed by atoms with Gasteiger partial charge in [-0.3, -0.25) is 4.79 Å². The molecule has 20 heavy (non-hydrogen) atoms. The second kappa shape index (κ2) is 7.36. The highest BCUT2D eigenvalue weighted by Crippen LogP contribution is 2.17. The molecule has 1 aliphatic rings. The zero-order valence-electron chi connectivity index (χ0n) is 11.6. The van der Waals surface area contributed by atoms with Gasteiger partial charge in [0, 0.05) is 12.5 Å². The molecular formula is C16H21F2NO. The van der Waals surface area contributed by atoms with Crippen LogP contribution in [0.2, 0.25) is 0 Å². The van der Waals surface area contributed by atoms with Crippen LogP contribution in [-0.2, 0) is 11.2 Å². The Balaban J connectivity index is 1.77. The molecule has 0 spiro atoms. The molecule has 1 saturated carbocycles. The predicted octanol–water partition coefficient (Wildman–Crippen LogP) is 3.74. The van der Waals surface area contributed by atoms with Crippen LogP contribution in [0.25, 0.3) is 0 Å². The van der Waals surface area contributed by atoms with Gasteiger partial charge in [0.15, 0.2) is 11.6 Å². The van der Waals surface area contributed by atoms with E-state index in [4.69, 9.17) is 0 Å². The Morgan fingerprint density at radius 1 is 1.10 bits per heavy atom. The molecule has 1 aromatic carbocycles. The third-order valence-corrected chi connectivity index (χ3v) is 3.85. The first-order valence-electron chi connectivity index (χ1n) is 7.38. The fraction of sp³-hybridized carbons (Fsp3) is 0.562. The molecule has 0 radical (unpaired) electrons. The molecule has 1 amide bonds. The molecule has 110 valence electrons. The Kier molecular flexibility index (Phi) is 5.50. The number of rotatable bonds is 4. The smallest absolute Gasteiger partial charge is 0.220 e. The molecule has 2 nitrogen and oxygen atoms in total. The van der Waals surface area contributed by atoms with E-state index in [-0.39, 0.29) is 11.9 Å². The van der Waals surface area contributed by atoms with Gasteiger partial charge >= 0.3 is 0 Å². The predicted molar refractivity (Wildman–Crippen MR) is 74.3 cm³/mol. The van der Waals surface area contributed by atoms with Gasteiger partial charge in [0.05, 0.1) is 0 Å². The lowest BCUT2D eigenvalue weighted by Gasteiger charge is -2.16. The lowest BCUT2D eigenvalue weighted by atomic mass is 10.1. The summed E-state index contributed by atoms with van der Waals surface area (Å²) >= 11 is 0. The van der Waals surface area contributed by atoms with E-state index in [0.29, 0.717) is 18.4 Å². The number of hydrogen-bond donors (Lipinski definition) is 1. The summed E-state index contributed by atoms with van der Waals surface area (Å²) in [7, 11) is 0.